The molecule has 0 spiro atoms. The molecule has 0 radical (unpaired) electrons. The van der Waals surface area contributed by atoms with Crippen LogP contribution in [0.15, 0.2) is 30.3 Å². The van der Waals surface area contributed by atoms with E-state index in [-0.39, 0.29) is 0 Å². The summed E-state index contributed by atoms with van der Waals surface area (Å²) in [5.74, 6) is 0. The summed E-state index contributed by atoms with van der Waals surface area (Å²) in [7, 11) is 2.25. The van der Waals surface area contributed by atoms with Crippen LogP contribution in [0.3, 0.4) is 0 Å². The van der Waals surface area contributed by atoms with E-state index in [4.69, 9.17) is 4.74 Å². The van der Waals surface area contributed by atoms with Gasteiger partial charge in [-0.15, -0.1) is 5.10 Å². The summed E-state index contributed by atoms with van der Waals surface area (Å²) >= 11 is 1.55. The van der Waals surface area contributed by atoms with E-state index < -0.39 is 0 Å². The molecule has 1 aromatic carbocycles. The predicted molar refractivity (Wildman–Crippen MR) is 83.6 cm³/mol. The molecule has 4 nitrogen and oxygen atoms in total. The topological polar surface area (TPSA) is 38.2 Å². The molecule has 2 aliphatic heterocycles. The molecule has 5 heteroatoms. The molecule has 2 fully saturated rings. The average molecular weight is 301 g/mol. The third kappa shape index (κ3) is 2.56. The van der Waals surface area contributed by atoms with Gasteiger partial charge in [0, 0.05) is 17.6 Å². The predicted octanol–water partition coefficient (Wildman–Crippen LogP) is 3.21. The number of ether oxygens (including phenoxy) is 1. The van der Waals surface area contributed by atoms with E-state index in [2.05, 4.69) is 34.3 Å². The first-order chi connectivity index (χ1) is 10.3. The van der Waals surface area contributed by atoms with Gasteiger partial charge in [0.15, 0.2) is 5.01 Å². The maximum absolute atomic E-state index is 6.10. The summed E-state index contributed by atoms with van der Waals surface area (Å²) in [4.78, 5) is 2.52. The van der Waals surface area contributed by atoms with Crippen molar-refractivity contribution in [2.45, 2.75) is 43.9 Å². The van der Waals surface area contributed by atoms with Crippen molar-refractivity contribution in [2.75, 3.05) is 7.05 Å². The SMILES string of the molecule is CN1C2CC[C@H]1CC(Oc1nnc(-c3ccccc3)s1)C2. The molecule has 2 aromatic rings. The number of hydrogen-bond donors (Lipinski definition) is 0. The van der Waals surface area contributed by atoms with E-state index in [9.17, 15) is 0 Å². The van der Waals surface area contributed by atoms with Gasteiger partial charge in [0.1, 0.15) is 6.10 Å². The van der Waals surface area contributed by atoms with Crippen LogP contribution in [0, 0.1) is 0 Å². The smallest absolute Gasteiger partial charge is 0.294 e. The van der Waals surface area contributed by atoms with Crippen LogP contribution in [-0.2, 0) is 0 Å². The number of nitrogens with zero attached hydrogens (tertiary/aromatic N) is 3. The summed E-state index contributed by atoms with van der Waals surface area (Å²) in [6.07, 6.45) is 5.16. The highest BCUT2D eigenvalue weighted by Gasteiger charge is 2.39. The quantitative estimate of drug-likeness (QED) is 0.872. The van der Waals surface area contributed by atoms with Crippen molar-refractivity contribution < 1.29 is 4.74 Å². The van der Waals surface area contributed by atoms with Gasteiger partial charge in [-0.25, -0.2) is 0 Å². The summed E-state index contributed by atoms with van der Waals surface area (Å²) in [6.45, 7) is 0. The van der Waals surface area contributed by atoms with Gasteiger partial charge in [-0.3, -0.25) is 0 Å². The van der Waals surface area contributed by atoms with E-state index in [1.807, 2.05) is 18.2 Å². The van der Waals surface area contributed by atoms with Gasteiger partial charge in [-0.2, -0.15) is 0 Å². The van der Waals surface area contributed by atoms with Crippen LogP contribution in [0.4, 0.5) is 0 Å². The standard InChI is InChI=1S/C16H19N3OS/c1-19-12-7-8-13(19)10-14(9-12)20-16-18-17-15(21-16)11-5-3-2-4-6-11/h2-6,12-14H,7-10H2,1H3/t12-,13?,14?/m0/s1. The number of hydrogen-bond acceptors (Lipinski definition) is 5. The fourth-order valence-corrected chi connectivity index (χ4v) is 4.32. The number of benzene rings is 1. The van der Waals surface area contributed by atoms with Gasteiger partial charge in [0.25, 0.3) is 5.19 Å². The Hall–Kier alpha value is -1.46. The molecule has 2 saturated heterocycles. The Morgan fingerprint density at radius 1 is 1.10 bits per heavy atom. The van der Waals surface area contributed by atoms with Crippen LogP contribution in [0.1, 0.15) is 25.7 Å². The van der Waals surface area contributed by atoms with Crippen molar-refractivity contribution in [1.29, 1.82) is 0 Å². The van der Waals surface area contributed by atoms with Gasteiger partial charge in [0.05, 0.1) is 0 Å². The van der Waals surface area contributed by atoms with Gasteiger partial charge < -0.3 is 9.64 Å². The molecule has 3 heterocycles. The molecule has 110 valence electrons. The Bertz CT molecular complexity index is 601. The lowest BCUT2D eigenvalue weighted by Crippen LogP contribution is -2.43. The first-order valence-electron chi connectivity index (χ1n) is 7.57. The summed E-state index contributed by atoms with van der Waals surface area (Å²) in [5, 5.41) is 10.1. The largest absolute Gasteiger partial charge is 0.465 e. The number of piperidine rings is 1. The van der Waals surface area contributed by atoms with E-state index >= 15 is 0 Å². The van der Waals surface area contributed by atoms with Crippen molar-refractivity contribution in [3.63, 3.8) is 0 Å². The molecule has 2 bridgehead atoms. The van der Waals surface area contributed by atoms with Crippen molar-refractivity contribution >= 4 is 11.3 Å². The number of fused-ring (bicyclic) bond motifs is 2. The zero-order chi connectivity index (χ0) is 14.2. The van der Waals surface area contributed by atoms with Crippen LogP contribution in [0.25, 0.3) is 10.6 Å². The van der Waals surface area contributed by atoms with Crippen molar-refractivity contribution in [3.05, 3.63) is 30.3 Å². The van der Waals surface area contributed by atoms with Crippen molar-refractivity contribution in [2.24, 2.45) is 0 Å². The van der Waals surface area contributed by atoms with E-state index in [0.29, 0.717) is 23.4 Å². The second-order valence-corrected chi connectivity index (χ2v) is 6.94. The molecule has 0 saturated carbocycles. The Labute approximate surface area is 128 Å². The van der Waals surface area contributed by atoms with Crippen LogP contribution in [-0.4, -0.2) is 40.3 Å². The van der Waals surface area contributed by atoms with Gasteiger partial charge in [-0.05, 0) is 32.7 Å². The van der Waals surface area contributed by atoms with Gasteiger partial charge in [0.2, 0.25) is 0 Å². The minimum Gasteiger partial charge on any atom is -0.465 e. The van der Waals surface area contributed by atoms with Crippen LogP contribution >= 0.6 is 11.3 Å². The van der Waals surface area contributed by atoms with Crippen LogP contribution in [0.2, 0.25) is 0 Å². The Morgan fingerprint density at radius 2 is 1.81 bits per heavy atom. The lowest BCUT2D eigenvalue weighted by Gasteiger charge is -2.35. The highest BCUT2D eigenvalue weighted by molar-refractivity contribution is 7.16. The molecule has 2 aliphatic rings. The highest BCUT2D eigenvalue weighted by atomic mass is 32.1. The second-order valence-electron chi connectivity index (χ2n) is 6.00. The first-order valence-corrected chi connectivity index (χ1v) is 8.39. The third-order valence-electron chi connectivity index (χ3n) is 4.75. The van der Waals surface area contributed by atoms with Gasteiger partial charge in [-0.1, -0.05) is 46.8 Å². The Morgan fingerprint density at radius 3 is 2.52 bits per heavy atom. The molecule has 3 atom stereocenters. The van der Waals surface area contributed by atoms with Gasteiger partial charge >= 0.3 is 0 Å². The molecule has 0 amide bonds. The maximum atomic E-state index is 6.10. The minimum atomic E-state index is 0.301. The zero-order valence-corrected chi connectivity index (χ0v) is 12.9. The van der Waals surface area contributed by atoms with Crippen LogP contribution < -0.4 is 4.74 Å². The van der Waals surface area contributed by atoms with Crippen molar-refractivity contribution in [1.82, 2.24) is 15.1 Å². The fourth-order valence-electron chi connectivity index (χ4n) is 3.56. The molecule has 1 aromatic heterocycles. The monoisotopic (exact) mass is 301 g/mol. The maximum Gasteiger partial charge on any atom is 0.294 e. The van der Waals surface area contributed by atoms with E-state index in [1.165, 1.54) is 12.8 Å². The second kappa shape index (κ2) is 5.39. The molecule has 0 N–H and O–H groups in total. The lowest BCUT2D eigenvalue weighted by molar-refractivity contribution is 0.0655. The fraction of sp³-hybridized carbons (Fsp3) is 0.500. The van der Waals surface area contributed by atoms with Crippen LogP contribution in [0.5, 0.6) is 5.19 Å². The molecule has 21 heavy (non-hydrogen) atoms. The Kier molecular flexibility index (Phi) is 3.39. The summed E-state index contributed by atoms with van der Waals surface area (Å²) in [6, 6.07) is 11.5. The third-order valence-corrected chi connectivity index (χ3v) is 5.61. The summed E-state index contributed by atoms with van der Waals surface area (Å²) in [5.41, 5.74) is 1.10. The average Bonchev–Trinajstić information content (AvgIpc) is 3.03. The highest BCUT2D eigenvalue weighted by Crippen LogP contribution is 2.37. The lowest BCUT2D eigenvalue weighted by atomic mass is 10.0. The molecule has 4 rings (SSSR count). The summed E-state index contributed by atoms with van der Waals surface area (Å²) < 4.78 is 6.10. The van der Waals surface area contributed by atoms with Crippen molar-refractivity contribution in [3.8, 4) is 15.8 Å². The molecule has 2 unspecified atom stereocenters. The molecule has 0 aliphatic carbocycles. The number of aromatic nitrogens is 2. The molecular weight excluding hydrogens is 282 g/mol. The van der Waals surface area contributed by atoms with E-state index in [0.717, 1.165) is 23.4 Å². The minimum absolute atomic E-state index is 0.301. The Balaban J connectivity index is 1.45. The number of rotatable bonds is 3. The normalized spacial score (nSPS) is 28.7. The molecular formula is C16H19N3OS. The van der Waals surface area contributed by atoms with E-state index in [1.54, 1.807) is 11.3 Å². The first kappa shape index (κ1) is 13.2. The zero-order valence-electron chi connectivity index (χ0n) is 12.1.